The Kier molecular flexibility index (Phi) is 6.41. The molecule has 2 aromatic rings. The van der Waals surface area contributed by atoms with E-state index in [2.05, 4.69) is 0 Å². The Labute approximate surface area is 147 Å². The van der Waals surface area contributed by atoms with E-state index >= 15 is 0 Å². The normalized spacial score (nSPS) is 13.7. The lowest BCUT2D eigenvalue weighted by Crippen LogP contribution is -2.18. The van der Waals surface area contributed by atoms with Crippen LogP contribution < -0.4 is 0 Å². The lowest BCUT2D eigenvalue weighted by atomic mass is 9.85. The van der Waals surface area contributed by atoms with E-state index in [0.717, 1.165) is 11.1 Å². The molecule has 2 unspecified atom stereocenters. The third-order valence-electron chi connectivity index (χ3n) is 4.08. The molecule has 128 valence electrons. The summed E-state index contributed by atoms with van der Waals surface area (Å²) in [6.07, 6.45) is -0.256. The van der Waals surface area contributed by atoms with Crippen molar-refractivity contribution in [2.45, 2.75) is 32.8 Å². The van der Waals surface area contributed by atoms with Gasteiger partial charge in [0.15, 0.2) is 0 Å². The zero-order valence-corrected chi connectivity index (χ0v) is 14.7. The monoisotopic (exact) mass is 346 g/mol. The fraction of sp³-hybridized carbons (Fsp3) is 0.350. The summed E-state index contributed by atoms with van der Waals surface area (Å²) >= 11 is 6.40. The third-order valence-corrected chi connectivity index (χ3v) is 4.39. The molecule has 0 saturated carbocycles. The smallest absolute Gasteiger partial charge is 0.303 e. The Balaban J connectivity index is 2.27. The summed E-state index contributed by atoms with van der Waals surface area (Å²) in [5.74, 6) is -0.920. The molecule has 0 amide bonds. The predicted octanol–water partition coefficient (Wildman–Crippen LogP) is 5.18. The second-order valence-corrected chi connectivity index (χ2v) is 6.94. The number of carboxylic acid groups (broad SMARTS) is 1. The average molecular weight is 347 g/mol. The van der Waals surface area contributed by atoms with Gasteiger partial charge in [-0.05, 0) is 35.4 Å². The first-order chi connectivity index (χ1) is 11.4. The van der Waals surface area contributed by atoms with Crippen molar-refractivity contribution >= 4 is 17.6 Å². The van der Waals surface area contributed by atoms with Crippen molar-refractivity contribution < 1.29 is 15.0 Å². The fourth-order valence-corrected chi connectivity index (χ4v) is 3.29. The van der Waals surface area contributed by atoms with E-state index in [1.807, 2.05) is 56.3 Å². The van der Waals surface area contributed by atoms with E-state index in [0.29, 0.717) is 22.9 Å². The van der Waals surface area contributed by atoms with Crippen LogP contribution in [-0.2, 0) is 4.79 Å². The zero-order chi connectivity index (χ0) is 17.7. The summed E-state index contributed by atoms with van der Waals surface area (Å²) in [6, 6.07) is 15.2. The molecule has 24 heavy (non-hydrogen) atoms. The summed E-state index contributed by atoms with van der Waals surface area (Å²) < 4.78 is 0. The SMILES string of the molecule is CC(C)CC(CC(=O)O)C(O)c1ccc(-c2ccccc2)c(Cl)c1. The molecule has 0 bridgehead atoms. The van der Waals surface area contributed by atoms with Gasteiger partial charge in [-0.3, -0.25) is 4.79 Å². The maximum atomic E-state index is 11.1. The Hall–Kier alpha value is -1.84. The molecule has 0 aliphatic carbocycles. The summed E-state index contributed by atoms with van der Waals surface area (Å²) in [6.45, 7) is 4.04. The van der Waals surface area contributed by atoms with Gasteiger partial charge >= 0.3 is 5.97 Å². The van der Waals surface area contributed by atoms with Gasteiger partial charge in [0.1, 0.15) is 0 Å². The van der Waals surface area contributed by atoms with Crippen molar-refractivity contribution in [3.8, 4) is 11.1 Å². The molecule has 2 atom stereocenters. The van der Waals surface area contributed by atoms with Crippen LogP contribution in [0, 0.1) is 11.8 Å². The van der Waals surface area contributed by atoms with Crippen LogP contribution in [-0.4, -0.2) is 16.2 Å². The molecule has 2 rings (SSSR count). The van der Waals surface area contributed by atoms with E-state index in [9.17, 15) is 9.90 Å². The van der Waals surface area contributed by atoms with Gasteiger partial charge in [-0.25, -0.2) is 0 Å². The lowest BCUT2D eigenvalue weighted by Gasteiger charge is -2.24. The van der Waals surface area contributed by atoms with Crippen molar-refractivity contribution in [3.63, 3.8) is 0 Å². The van der Waals surface area contributed by atoms with Crippen molar-refractivity contribution in [1.29, 1.82) is 0 Å². The Morgan fingerprint density at radius 3 is 2.33 bits per heavy atom. The van der Waals surface area contributed by atoms with Gasteiger partial charge in [0, 0.05) is 10.6 Å². The summed E-state index contributed by atoms with van der Waals surface area (Å²) in [4.78, 5) is 11.1. The van der Waals surface area contributed by atoms with E-state index in [1.165, 1.54) is 0 Å². The fourth-order valence-electron chi connectivity index (χ4n) is 2.99. The molecule has 0 aromatic heterocycles. The number of carboxylic acids is 1. The van der Waals surface area contributed by atoms with Crippen molar-refractivity contribution in [2.24, 2.45) is 11.8 Å². The number of aliphatic carboxylic acids is 1. The minimum absolute atomic E-state index is 0.0581. The van der Waals surface area contributed by atoms with Gasteiger partial charge in [-0.1, -0.05) is 67.9 Å². The maximum absolute atomic E-state index is 11.1. The van der Waals surface area contributed by atoms with Crippen molar-refractivity contribution in [1.82, 2.24) is 0 Å². The predicted molar refractivity (Wildman–Crippen MR) is 97.0 cm³/mol. The number of halogens is 1. The van der Waals surface area contributed by atoms with Gasteiger partial charge in [0.25, 0.3) is 0 Å². The highest BCUT2D eigenvalue weighted by Gasteiger charge is 2.25. The molecule has 0 heterocycles. The highest BCUT2D eigenvalue weighted by Crippen LogP contribution is 2.35. The molecule has 0 aliphatic heterocycles. The van der Waals surface area contributed by atoms with E-state index < -0.39 is 12.1 Å². The van der Waals surface area contributed by atoms with E-state index in [-0.39, 0.29) is 12.3 Å². The van der Waals surface area contributed by atoms with Gasteiger partial charge in [0.2, 0.25) is 0 Å². The first-order valence-electron chi connectivity index (χ1n) is 8.13. The quantitative estimate of drug-likeness (QED) is 0.726. The molecule has 0 spiro atoms. The maximum Gasteiger partial charge on any atom is 0.303 e. The molecule has 2 aromatic carbocycles. The second-order valence-electron chi connectivity index (χ2n) is 6.54. The molecule has 4 heteroatoms. The molecule has 3 nitrogen and oxygen atoms in total. The van der Waals surface area contributed by atoms with Crippen LogP contribution in [0.5, 0.6) is 0 Å². The molecule has 0 radical (unpaired) electrons. The van der Waals surface area contributed by atoms with Gasteiger partial charge in [0.05, 0.1) is 12.5 Å². The number of carbonyl (C=O) groups is 1. The number of hydrogen-bond donors (Lipinski definition) is 2. The standard InChI is InChI=1S/C20H23ClO3/c1-13(2)10-16(12-19(22)23)20(24)15-8-9-17(18(21)11-15)14-6-4-3-5-7-14/h3-9,11,13,16,20,24H,10,12H2,1-2H3,(H,22,23). The number of aliphatic hydroxyl groups is 1. The molecular formula is C20H23ClO3. The Morgan fingerprint density at radius 1 is 1.12 bits per heavy atom. The largest absolute Gasteiger partial charge is 0.481 e. The van der Waals surface area contributed by atoms with E-state index in [1.54, 1.807) is 6.07 Å². The first-order valence-corrected chi connectivity index (χ1v) is 8.51. The van der Waals surface area contributed by atoms with Crippen molar-refractivity contribution in [3.05, 3.63) is 59.1 Å². The Bertz CT molecular complexity index is 683. The molecule has 0 aliphatic rings. The molecule has 0 fully saturated rings. The highest BCUT2D eigenvalue weighted by molar-refractivity contribution is 6.33. The lowest BCUT2D eigenvalue weighted by molar-refractivity contribution is -0.139. The van der Waals surface area contributed by atoms with Crippen LogP contribution in [0.2, 0.25) is 5.02 Å². The van der Waals surface area contributed by atoms with Gasteiger partial charge < -0.3 is 10.2 Å². The highest BCUT2D eigenvalue weighted by atomic mass is 35.5. The molecule has 0 saturated heterocycles. The van der Waals surface area contributed by atoms with Crippen LogP contribution in [0.3, 0.4) is 0 Å². The first kappa shape index (κ1) is 18.5. The average Bonchev–Trinajstić information content (AvgIpc) is 2.53. The minimum atomic E-state index is -0.897. The van der Waals surface area contributed by atoms with Crippen LogP contribution in [0.25, 0.3) is 11.1 Å². The number of benzene rings is 2. The third kappa shape index (κ3) is 4.83. The van der Waals surface area contributed by atoms with Crippen LogP contribution in [0.15, 0.2) is 48.5 Å². The Morgan fingerprint density at radius 2 is 1.79 bits per heavy atom. The summed E-state index contributed by atoms with van der Waals surface area (Å²) in [5.41, 5.74) is 2.56. The van der Waals surface area contributed by atoms with E-state index in [4.69, 9.17) is 16.7 Å². The van der Waals surface area contributed by atoms with Crippen molar-refractivity contribution in [2.75, 3.05) is 0 Å². The topological polar surface area (TPSA) is 57.5 Å². The second kappa shape index (κ2) is 8.32. The summed E-state index contributed by atoms with van der Waals surface area (Å²) in [7, 11) is 0. The van der Waals surface area contributed by atoms with Crippen LogP contribution in [0.4, 0.5) is 0 Å². The minimum Gasteiger partial charge on any atom is -0.481 e. The van der Waals surface area contributed by atoms with Crippen LogP contribution in [0.1, 0.15) is 38.4 Å². The number of rotatable bonds is 7. The van der Waals surface area contributed by atoms with Crippen LogP contribution >= 0.6 is 11.6 Å². The molecule has 2 N–H and O–H groups in total. The summed E-state index contributed by atoms with van der Waals surface area (Å²) in [5, 5.41) is 20.3. The molecular weight excluding hydrogens is 324 g/mol. The number of hydrogen-bond acceptors (Lipinski definition) is 2. The van der Waals surface area contributed by atoms with Gasteiger partial charge in [-0.15, -0.1) is 0 Å². The number of aliphatic hydroxyl groups excluding tert-OH is 1. The van der Waals surface area contributed by atoms with Gasteiger partial charge in [-0.2, -0.15) is 0 Å². The zero-order valence-electron chi connectivity index (χ0n) is 13.9.